The van der Waals surface area contributed by atoms with Crippen LogP contribution in [0, 0.1) is 0 Å². The van der Waals surface area contributed by atoms with Gasteiger partial charge in [-0.15, -0.1) is 0 Å². The van der Waals surface area contributed by atoms with Crippen LogP contribution >= 0.6 is 0 Å². The number of aliphatic imine (C=N–C) groups is 1. The molecule has 3 aromatic carbocycles. The van der Waals surface area contributed by atoms with Crippen LogP contribution in [0.25, 0.3) is 21.9 Å². The van der Waals surface area contributed by atoms with Crippen molar-refractivity contribution in [2.24, 2.45) is 4.99 Å². The second kappa shape index (κ2) is 9.78. The first-order valence-electron chi connectivity index (χ1n) is 11.6. The number of amides is 1. The van der Waals surface area contributed by atoms with Gasteiger partial charge in [0.1, 0.15) is 11.4 Å². The lowest BCUT2D eigenvalue weighted by Gasteiger charge is -2.19. The van der Waals surface area contributed by atoms with Gasteiger partial charge >= 0.3 is 6.09 Å². The van der Waals surface area contributed by atoms with Gasteiger partial charge in [-0.05, 0) is 72.6 Å². The van der Waals surface area contributed by atoms with E-state index in [9.17, 15) is 4.79 Å². The Bertz CT molecular complexity index is 1150. The van der Waals surface area contributed by atoms with Crippen molar-refractivity contribution in [3.05, 3.63) is 71.8 Å². The number of fused-ring (bicyclic) bond motifs is 1. The van der Waals surface area contributed by atoms with E-state index in [0.717, 1.165) is 6.42 Å². The van der Waals surface area contributed by atoms with Crippen LogP contribution in [0.2, 0.25) is 0 Å². The lowest BCUT2D eigenvalue weighted by molar-refractivity contribution is 0.0563. The molecule has 0 saturated heterocycles. The Kier molecular flexibility index (Phi) is 7.26. The number of carbonyl (C=O) groups is 1. The molecule has 1 N–H and O–H groups in total. The molecular weight excluding hydrogens is 408 g/mol. The number of benzene rings is 3. The van der Waals surface area contributed by atoms with E-state index in [1.807, 2.05) is 20.8 Å². The van der Waals surface area contributed by atoms with Gasteiger partial charge in [-0.2, -0.15) is 0 Å². The van der Waals surface area contributed by atoms with Crippen molar-refractivity contribution >= 4 is 22.7 Å². The lowest BCUT2D eigenvalue weighted by Crippen LogP contribution is -2.35. The highest BCUT2D eigenvalue weighted by Crippen LogP contribution is 2.32. The second-order valence-electron chi connectivity index (χ2n) is 10.5. The molecule has 0 spiro atoms. The van der Waals surface area contributed by atoms with Crippen molar-refractivity contribution in [1.82, 2.24) is 5.32 Å². The number of rotatable bonds is 4. The van der Waals surface area contributed by atoms with Crippen LogP contribution in [0.1, 0.15) is 59.6 Å². The molecule has 0 aliphatic rings. The summed E-state index contributed by atoms with van der Waals surface area (Å²) in [5, 5.41) is 5.17. The van der Waals surface area contributed by atoms with Crippen molar-refractivity contribution in [3.8, 4) is 11.1 Å². The summed E-state index contributed by atoms with van der Waals surface area (Å²) in [6, 6.07) is 21.8. The summed E-state index contributed by atoms with van der Waals surface area (Å²) < 4.78 is 5.28. The summed E-state index contributed by atoms with van der Waals surface area (Å²) in [6.07, 6.45) is 0.313. The molecule has 0 fully saturated rings. The minimum absolute atomic E-state index is 0.140. The van der Waals surface area contributed by atoms with Crippen LogP contribution in [0.15, 0.2) is 65.7 Å². The SMILES string of the molecule is CC(=NCCc1cccc2c(-c3ccc(C(C)(C)C)cc3)cccc12)NC(=O)OC(C)(C)C. The molecule has 3 rings (SSSR count). The maximum Gasteiger partial charge on any atom is 0.413 e. The molecule has 0 atom stereocenters. The van der Waals surface area contributed by atoms with Crippen LogP contribution in [0.3, 0.4) is 0 Å². The van der Waals surface area contributed by atoms with Gasteiger partial charge < -0.3 is 4.74 Å². The van der Waals surface area contributed by atoms with E-state index in [2.05, 4.69) is 91.7 Å². The number of carbonyl (C=O) groups excluding carboxylic acids is 1. The van der Waals surface area contributed by atoms with E-state index in [-0.39, 0.29) is 5.41 Å². The van der Waals surface area contributed by atoms with Crippen LogP contribution in [-0.2, 0) is 16.6 Å². The number of hydrogen-bond acceptors (Lipinski definition) is 3. The minimum atomic E-state index is -0.530. The highest BCUT2D eigenvalue weighted by molar-refractivity contribution is 5.98. The smallest absolute Gasteiger partial charge is 0.413 e. The molecule has 4 heteroatoms. The number of alkyl carbamates (subject to hydrolysis) is 1. The largest absolute Gasteiger partial charge is 0.444 e. The van der Waals surface area contributed by atoms with E-state index in [4.69, 9.17) is 4.74 Å². The van der Waals surface area contributed by atoms with Gasteiger partial charge in [0, 0.05) is 6.54 Å². The van der Waals surface area contributed by atoms with Gasteiger partial charge in [0.25, 0.3) is 0 Å². The Balaban J connectivity index is 1.77. The first-order valence-corrected chi connectivity index (χ1v) is 11.6. The molecule has 0 unspecified atom stereocenters. The Hall–Kier alpha value is -3.14. The third kappa shape index (κ3) is 6.67. The zero-order valence-electron chi connectivity index (χ0n) is 21.0. The van der Waals surface area contributed by atoms with Gasteiger partial charge in [0.05, 0.1) is 0 Å². The first kappa shape index (κ1) is 24.5. The lowest BCUT2D eigenvalue weighted by atomic mass is 9.86. The highest BCUT2D eigenvalue weighted by Gasteiger charge is 2.16. The predicted octanol–water partition coefficient (Wildman–Crippen LogP) is 7.29. The van der Waals surface area contributed by atoms with Crippen molar-refractivity contribution in [3.63, 3.8) is 0 Å². The van der Waals surface area contributed by atoms with E-state index >= 15 is 0 Å². The third-order valence-corrected chi connectivity index (χ3v) is 5.49. The molecule has 0 radical (unpaired) electrons. The molecule has 3 aromatic rings. The summed E-state index contributed by atoms with van der Waals surface area (Å²) in [4.78, 5) is 16.4. The maximum absolute atomic E-state index is 11.9. The highest BCUT2D eigenvalue weighted by atomic mass is 16.6. The molecule has 0 aromatic heterocycles. The Labute approximate surface area is 198 Å². The summed E-state index contributed by atoms with van der Waals surface area (Å²) in [5.41, 5.74) is 4.65. The van der Waals surface area contributed by atoms with Crippen molar-refractivity contribution < 1.29 is 9.53 Å². The topological polar surface area (TPSA) is 50.7 Å². The number of hydrogen-bond donors (Lipinski definition) is 1. The van der Waals surface area contributed by atoms with Crippen LogP contribution in [0.4, 0.5) is 4.79 Å². The summed E-state index contributed by atoms with van der Waals surface area (Å²) in [7, 11) is 0. The molecule has 1 amide bonds. The maximum atomic E-state index is 11.9. The quantitative estimate of drug-likeness (QED) is 0.339. The summed E-state index contributed by atoms with van der Waals surface area (Å²) >= 11 is 0. The van der Waals surface area contributed by atoms with E-state index in [1.54, 1.807) is 6.92 Å². The number of nitrogens with zero attached hydrogens (tertiary/aromatic N) is 1. The normalized spacial score (nSPS) is 12.6. The van der Waals surface area contributed by atoms with Gasteiger partial charge in [-0.25, -0.2) is 4.79 Å². The monoisotopic (exact) mass is 444 g/mol. The van der Waals surface area contributed by atoms with Gasteiger partial charge in [-0.1, -0.05) is 81.4 Å². The molecule has 0 bridgehead atoms. The fourth-order valence-corrected chi connectivity index (χ4v) is 3.83. The van der Waals surface area contributed by atoms with Gasteiger partial charge in [-0.3, -0.25) is 10.3 Å². The Morgan fingerprint density at radius 2 is 1.52 bits per heavy atom. The van der Waals surface area contributed by atoms with Crippen molar-refractivity contribution in [2.75, 3.05) is 6.54 Å². The number of amidine groups is 1. The molecule has 0 saturated carbocycles. The third-order valence-electron chi connectivity index (χ3n) is 5.49. The molecule has 174 valence electrons. The van der Waals surface area contributed by atoms with Crippen molar-refractivity contribution in [1.29, 1.82) is 0 Å². The fourth-order valence-electron chi connectivity index (χ4n) is 3.83. The first-order chi connectivity index (χ1) is 15.4. The van der Waals surface area contributed by atoms with Crippen LogP contribution < -0.4 is 5.32 Å². The minimum Gasteiger partial charge on any atom is -0.444 e. The van der Waals surface area contributed by atoms with Gasteiger partial charge in [0.2, 0.25) is 0 Å². The van der Waals surface area contributed by atoms with Gasteiger partial charge in [0.15, 0.2) is 0 Å². The molecular formula is C29H36N2O2. The van der Waals surface area contributed by atoms with E-state index < -0.39 is 11.7 Å². The average molecular weight is 445 g/mol. The summed E-state index contributed by atoms with van der Waals surface area (Å²) in [5.74, 6) is 0.559. The predicted molar refractivity (Wildman–Crippen MR) is 139 cm³/mol. The Morgan fingerprint density at radius 3 is 2.15 bits per heavy atom. The second-order valence-corrected chi connectivity index (χ2v) is 10.5. The standard InChI is InChI=1S/C29H36N2O2/c1-20(31-27(32)33-29(5,6)7)30-19-18-21-10-8-13-26-24(21)11-9-12-25(26)22-14-16-23(17-15-22)28(2,3)4/h8-17H,18-19H2,1-7H3,(H,30,31,32). The molecule has 0 aliphatic heterocycles. The zero-order chi connectivity index (χ0) is 24.2. The number of nitrogens with one attached hydrogen (secondary N) is 1. The van der Waals surface area contributed by atoms with Crippen LogP contribution in [-0.4, -0.2) is 24.1 Å². The van der Waals surface area contributed by atoms with Crippen molar-refractivity contribution in [2.45, 2.75) is 65.9 Å². The zero-order valence-corrected chi connectivity index (χ0v) is 21.0. The molecule has 0 aliphatic carbocycles. The fraction of sp³-hybridized carbons (Fsp3) is 0.379. The van der Waals surface area contributed by atoms with Crippen LogP contribution in [0.5, 0.6) is 0 Å². The Morgan fingerprint density at radius 1 is 0.879 bits per heavy atom. The average Bonchev–Trinajstić information content (AvgIpc) is 2.71. The molecule has 33 heavy (non-hydrogen) atoms. The molecule has 4 nitrogen and oxygen atoms in total. The van der Waals surface area contributed by atoms with E-state index in [1.165, 1.54) is 33.0 Å². The summed E-state index contributed by atoms with van der Waals surface area (Å²) in [6.45, 7) is 14.6. The number of ether oxygens (including phenoxy) is 1. The molecule has 0 heterocycles. The van der Waals surface area contributed by atoms with E-state index in [0.29, 0.717) is 12.4 Å².